The predicted molar refractivity (Wildman–Crippen MR) is 144 cm³/mol. The van der Waals surface area contributed by atoms with Crippen molar-refractivity contribution in [3.8, 4) is 11.3 Å². The summed E-state index contributed by atoms with van der Waals surface area (Å²) < 4.78 is 43.0. The Bertz CT molecular complexity index is 1700. The summed E-state index contributed by atoms with van der Waals surface area (Å²) in [6, 6.07) is 14.3. The van der Waals surface area contributed by atoms with E-state index in [1.807, 2.05) is 42.8 Å². The fourth-order valence-electron chi connectivity index (χ4n) is 4.75. The topological polar surface area (TPSA) is 77.6 Å². The van der Waals surface area contributed by atoms with E-state index in [9.17, 15) is 18.0 Å². The summed E-state index contributed by atoms with van der Waals surface area (Å²) in [4.78, 5) is 18.4. The van der Waals surface area contributed by atoms with Crippen molar-refractivity contribution in [1.29, 1.82) is 0 Å². The number of para-hydroxylation sites is 1. The third-order valence-corrected chi connectivity index (χ3v) is 6.85. The maximum Gasteiger partial charge on any atom is 0.416 e. The highest BCUT2D eigenvalue weighted by molar-refractivity contribution is 6.13. The van der Waals surface area contributed by atoms with Gasteiger partial charge in [0.1, 0.15) is 0 Å². The summed E-state index contributed by atoms with van der Waals surface area (Å²) in [6.07, 6.45) is -2.67. The average molecular weight is 533 g/mol. The van der Waals surface area contributed by atoms with Crippen LogP contribution in [0.5, 0.6) is 0 Å². The highest BCUT2D eigenvalue weighted by Crippen LogP contribution is 2.31. The van der Waals surface area contributed by atoms with E-state index in [-0.39, 0.29) is 12.5 Å². The number of hydrogen-bond donors (Lipinski definition) is 1. The van der Waals surface area contributed by atoms with E-state index < -0.39 is 11.7 Å². The normalized spacial score (nSPS) is 11.8. The highest BCUT2D eigenvalue weighted by Gasteiger charge is 2.30. The van der Waals surface area contributed by atoms with E-state index in [0.717, 1.165) is 29.9 Å². The molecule has 0 fully saturated rings. The molecule has 0 aliphatic carbocycles. The molecule has 0 spiro atoms. The van der Waals surface area contributed by atoms with Crippen LogP contribution in [0.25, 0.3) is 22.2 Å². The molecule has 0 atom stereocenters. The molecule has 0 saturated heterocycles. The lowest BCUT2D eigenvalue weighted by Crippen LogP contribution is -2.14. The zero-order valence-electron chi connectivity index (χ0n) is 22.0. The molecule has 0 bridgehead atoms. The smallest absolute Gasteiger partial charge is 0.319 e. The maximum atomic E-state index is 13.7. The Labute approximate surface area is 223 Å². The van der Waals surface area contributed by atoms with Crippen molar-refractivity contribution in [2.24, 2.45) is 0 Å². The Kier molecular flexibility index (Phi) is 6.71. The maximum absolute atomic E-state index is 13.7. The Morgan fingerprint density at radius 3 is 2.46 bits per heavy atom. The van der Waals surface area contributed by atoms with E-state index in [1.165, 1.54) is 6.07 Å². The molecule has 5 rings (SSSR count). The summed E-state index contributed by atoms with van der Waals surface area (Å²) in [5.74, 6) is -0.333. The second-order valence-electron chi connectivity index (χ2n) is 9.39. The van der Waals surface area contributed by atoms with E-state index in [4.69, 9.17) is 4.98 Å². The Hall–Kier alpha value is -4.47. The number of carbonyl (C=O) groups is 1. The number of benzene rings is 2. The van der Waals surface area contributed by atoms with Crippen LogP contribution in [0.1, 0.15) is 45.5 Å². The molecule has 7 nitrogen and oxygen atoms in total. The molecule has 39 heavy (non-hydrogen) atoms. The van der Waals surface area contributed by atoms with Crippen molar-refractivity contribution in [2.75, 3.05) is 5.32 Å². The zero-order chi connectivity index (χ0) is 27.9. The number of hydrogen-bond acceptors (Lipinski definition) is 4. The number of nitrogens with one attached hydrogen (secondary N) is 1. The second kappa shape index (κ2) is 10.0. The number of nitrogens with zero attached hydrogens (tertiary/aromatic N) is 5. The highest BCUT2D eigenvalue weighted by atomic mass is 19.4. The first-order valence-corrected chi connectivity index (χ1v) is 12.5. The molecule has 0 saturated carbocycles. The average Bonchev–Trinajstić information content (AvgIpc) is 3.41. The lowest BCUT2D eigenvalue weighted by molar-refractivity contribution is -0.137. The largest absolute Gasteiger partial charge is 0.416 e. The van der Waals surface area contributed by atoms with Crippen molar-refractivity contribution < 1.29 is 18.0 Å². The standard InChI is InChI=1S/C29H27F3N6O/c1-5-37-18(3)24(15-33-37)26-14-23(22-11-6-7-12-25(22)34-26)28(39)35-27-17(2)36-38(19(27)4)16-20-9-8-10-21(13-20)29(30,31)32/h6-15H,5,16H2,1-4H3,(H,35,39). The van der Waals surface area contributed by atoms with Crippen molar-refractivity contribution in [3.63, 3.8) is 0 Å². The first-order chi connectivity index (χ1) is 18.6. The number of anilines is 1. The van der Waals surface area contributed by atoms with Crippen LogP contribution in [0.4, 0.5) is 18.9 Å². The van der Waals surface area contributed by atoms with Gasteiger partial charge in [-0.15, -0.1) is 0 Å². The number of aryl methyl sites for hydroxylation is 2. The minimum Gasteiger partial charge on any atom is -0.319 e. The molecule has 2 aromatic carbocycles. The number of rotatable bonds is 6. The van der Waals surface area contributed by atoms with Crippen LogP contribution in [0.3, 0.4) is 0 Å². The van der Waals surface area contributed by atoms with E-state index in [1.54, 1.807) is 36.9 Å². The van der Waals surface area contributed by atoms with Crippen LogP contribution in [0.2, 0.25) is 0 Å². The molecule has 0 unspecified atom stereocenters. The van der Waals surface area contributed by atoms with Gasteiger partial charge in [-0.3, -0.25) is 14.2 Å². The van der Waals surface area contributed by atoms with Crippen molar-refractivity contribution >= 4 is 22.5 Å². The van der Waals surface area contributed by atoms with Crippen LogP contribution >= 0.6 is 0 Å². The molecular formula is C29H27F3N6O. The second-order valence-corrected chi connectivity index (χ2v) is 9.39. The Morgan fingerprint density at radius 1 is 0.974 bits per heavy atom. The quantitative estimate of drug-likeness (QED) is 0.269. The number of aromatic nitrogens is 5. The van der Waals surface area contributed by atoms with Gasteiger partial charge in [-0.2, -0.15) is 23.4 Å². The summed E-state index contributed by atoms with van der Waals surface area (Å²) in [6.45, 7) is 8.36. The van der Waals surface area contributed by atoms with Crippen LogP contribution < -0.4 is 5.32 Å². The SMILES string of the molecule is CCn1ncc(-c2cc(C(=O)Nc3c(C)nn(Cc4cccc(C(F)(F)F)c4)c3C)c3ccccc3n2)c1C. The number of pyridine rings is 1. The van der Waals surface area contributed by atoms with Gasteiger partial charge in [0.2, 0.25) is 0 Å². The number of halogens is 3. The van der Waals surface area contributed by atoms with E-state index >= 15 is 0 Å². The lowest BCUT2D eigenvalue weighted by atomic mass is 10.0. The van der Waals surface area contributed by atoms with E-state index in [0.29, 0.717) is 44.8 Å². The zero-order valence-corrected chi connectivity index (χ0v) is 22.0. The monoisotopic (exact) mass is 532 g/mol. The molecular weight excluding hydrogens is 505 g/mol. The molecule has 0 aliphatic heterocycles. The van der Waals surface area contributed by atoms with Gasteiger partial charge in [0.15, 0.2) is 0 Å². The number of alkyl halides is 3. The number of amides is 1. The van der Waals surface area contributed by atoms with Gasteiger partial charge in [0.25, 0.3) is 5.91 Å². The molecule has 1 amide bonds. The molecule has 200 valence electrons. The molecule has 0 radical (unpaired) electrons. The molecule has 5 aromatic rings. The van der Waals surface area contributed by atoms with Gasteiger partial charge < -0.3 is 5.32 Å². The minimum absolute atomic E-state index is 0.134. The summed E-state index contributed by atoms with van der Waals surface area (Å²) in [7, 11) is 0. The van der Waals surface area contributed by atoms with Gasteiger partial charge in [0, 0.05) is 23.2 Å². The fraction of sp³-hybridized carbons (Fsp3) is 0.241. The third-order valence-electron chi connectivity index (χ3n) is 6.85. The summed E-state index contributed by atoms with van der Waals surface area (Å²) in [5, 5.41) is 12.6. The number of fused-ring (bicyclic) bond motifs is 1. The van der Waals surface area contributed by atoms with Crippen LogP contribution in [0.15, 0.2) is 60.8 Å². The minimum atomic E-state index is -4.43. The van der Waals surface area contributed by atoms with Crippen LogP contribution in [-0.4, -0.2) is 30.5 Å². The molecule has 3 aromatic heterocycles. The van der Waals surface area contributed by atoms with Crippen molar-refractivity contribution in [2.45, 2.75) is 47.0 Å². The first kappa shape index (κ1) is 26.1. The van der Waals surface area contributed by atoms with Crippen LogP contribution in [-0.2, 0) is 19.3 Å². The molecule has 10 heteroatoms. The van der Waals surface area contributed by atoms with Crippen LogP contribution in [0, 0.1) is 20.8 Å². The number of carbonyl (C=O) groups excluding carboxylic acids is 1. The van der Waals surface area contributed by atoms with E-state index in [2.05, 4.69) is 15.5 Å². The van der Waals surface area contributed by atoms with Crippen molar-refractivity contribution in [3.05, 3.63) is 94.6 Å². The van der Waals surface area contributed by atoms with Gasteiger partial charge >= 0.3 is 6.18 Å². The lowest BCUT2D eigenvalue weighted by Gasteiger charge is -2.12. The first-order valence-electron chi connectivity index (χ1n) is 12.5. The van der Waals surface area contributed by atoms with Gasteiger partial charge in [-0.05, 0) is 57.5 Å². The molecule has 0 aliphatic rings. The summed E-state index contributed by atoms with van der Waals surface area (Å²) >= 11 is 0. The summed E-state index contributed by atoms with van der Waals surface area (Å²) in [5.41, 5.74) is 5.03. The fourth-order valence-corrected chi connectivity index (χ4v) is 4.75. The van der Waals surface area contributed by atoms with Gasteiger partial charge in [-0.1, -0.05) is 30.3 Å². The molecule has 3 heterocycles. The Balaban J connectivity index is 1.48. The van der Waals surface area contributed by atoms with Gasteiger partial charge in [0.05, 0.1) is 52.2 Å². The third kappa shape index (κ3) is 5.01. The van der Waals surface area contributed by atoms with Crippen molar-refractivity contribution in [1.82, 2.24) is 24.5 Å². The predicted octanol–water partition coefficient (Wildman–Crippen LogP) is 6.56. The van der Waals surface area contributed by atoms with Gasteiger partial charge in [-0.25, -0.2) is 4.98 Å². The molecule has 1 N–H and O–H groups in total. The Morgan fingerprint density at radius 2 is 1.74 bits per heavy atom.